The first-order valence-corrected chi connectivity index (χ1v) is 9.37. The van der Waals surface area contributed by atoms with Crippen molar-refractivity contribution in [3.63, 3.8) is 0 Å². The second-order valence-electron chi connectivity index (χ2n) is 7.80. The van der Waals surface area contributed by atoms with Gasteiger partial charge in [-0.25, -0.2) is 0 Å². The Morgan fingerprint density at radius 2 is 1.54 bits per heavy atom. The van der Waals surface area contributed by atoms with E-state index in [0.29, 0.717) is 12.3 Å². The molecule has 2 bridgehead atoms. The third kappa shape index (κ3) is 3.73. The molecular weight excluding hydrogens is 308 g/mol. The molecule has 0 aromatic rings. The summed E-state index contributed by atoms with van der Waals surface area (Å²) in [5.74, 6) is -1.60. The number of fused-ring (bicyclic) bond motifs is 2. The van der Waals surface area contributed by atoms with E-state index < -0.39 is 17.8 Å². The van der Waals surface area contributed by atoms with E-state index in [4.69, 9.17) is 0 Å². The first kappa shape index (κ1) is 17.2. The van der Waals surface area contributed by atoms with Crippen LogP contribution in [-0.4, -0.2) is 22.9 Å². The van der Waals surface area contributed by atoms with Crippen LogP contribution in [0.25, 0.3) is 0 Å². The SMILES string of the molecule is O=C(CCC1CCCCC1)NNC(=O)[C@H]1[C@@H]2CC[C@@H](C2)[C@@H]1C(=O)O. The Morgan fingerprint density at radius 1 is 0.875 bits per heavy atom. The fraction of sp³-hybridized carbons (Fsp3) is 0.833. The summed E-state index contributed by atoms with van der Waals surface area (Å²) < 4.78 is 0. The summed E-state index contributed by atoms with van der Waals surface area (Å²) in [7, 11) is 0. The van der Waals surface area contributed by atoms with Gasteiger partial charge in [-0.2, -0.15) is 0 Å². The van der Waals surface area contributed by atoms with E-state index >= 15 is 0 Å². The van der Waals surface area contributed by atoms with E-state index in [9.17, 15) is 19.5 Å². The molecule has 3 N–H and O–H groups in total. The van der Waals surface area contributed by atoms with Gasteiger partial charge in [0.25, 0.3) is 0 Å². The zero-order valence-electron chi connectivity index (χ0n) is 14.1. The predicted molar refractivity (Wildman–Crippen MR) is 87.5 cm³/mol. The van der Waals surface area contributed by atoms with Gasteiger partial charge < -0.3 is 5.11 Å². The number of carboxylic acid groups (broad SMARTS) is 1. The van der Waals surface area contributed by atoms with Crippen LogP contribution in [0.2, 0.25) is 0 Å². The molecule has 4 atom stereocenters. The molecule has 0 aromatic carbocycles. The smallest absolute Gasteiger partial charge is 0.307 e. The van der Waals surface area contributed by atoms with Crippen molar-refractivity contribution in [2.75, 3.05) is 0 Å². The van der Waals surface area contributed by atoms with Crippen molar-refractivity contribution in [3.8, 4) is 0 Å². The van der Waals surface area contributed by atoms with Gasteiger partial charge in [-0.3, -0.25) is 25.2 Å². The number of carbonyl (C=O) groups is 3. The minimum absolute atomic E-state index is 0.116. The molecule has 134 valence electrons. The Hall–Kier alpha value is -1.59. The van der Waals surface area contributed by atoms with Gasteiger partial charge in [-0.05, 0) is 43.4 Å². The van der Waals surface area contributed by atoms with E-state index in [1.807, 2.05) is 0 Å². The lowest BCUT2D eigenvalue weighted by molar-refractivity contribution is -0.149. The van der Waals surface area contributed by atoms with Crippen molar-refractivity contribution >= 4 is 17.8 Å². The number of carboxylic acids is 1. The van der Waals surface area contributed by atoms with Crippen LogP contribution in [0.5, 0.6) is 0 Å². The zero-order valence-corrected chi connectivity index (χ0v) is 14.1. The third-order valence-corrected chi connectivity index (χ3v) is 6.33. The van der Waals surface area contributed by atoms with E-state index in [0.717, 1.165) is 25.7 Å². The average Bonchev–Trinajstić information content (AvgIpc) is 3.20. The van der Waals surface area contributed by atoms with Crippen LogP contribution in [-0.2, 0) is 14.4 Å². The molecule has 3 aliphatic rings. The topological polar surface area (TPSA) is 95.5 Å². The highest BCUT2D eigenvalue weighted by Crippen LogP contribution is 2.52. The third-order valence-electron chi connectivity index (χ3n) is 6.33. The molecule has 3 saturated carbocycles. The summed E-state index contributed by atoms with van der Waals surface area (Å²) in [6, 6.07) is 0. The van der Waals surface area contributed by atoms with Crippen molar-refractivity contribution < 1.29 is 19.5 Å². The van der Waals surface area contributed by atoms with Gasteiger partial charge in [-0.15, -0.1) is 0 Å². The molecule has 3 fully saturated rings. The zero-order chi connectivity index (χ0) is 17.1. The van der Waals surface area contributed by atoms with Gasteiger partial charge in [0.15, 0.2) is 0 Å². The maximum absolute atomic E-state index is 12.4. The molecule has 0 radical (unpaired) electrons. The first-order chi connectivity index (χ1) is 11.6. The maximum Gasteiger partial charge on any atom is 0.307 e. The molecule has 24 heavy (non-hydrogen) atoms. The lowest BCUT2D eigenvalue weighted by Gasteiger charge is -2.27. The van der Waals surface area contributed by atoms with Crippen LogP contribution >= 0.6 is 0 Å². The molecule has 3 rings (SSSR count). The number of rotatable bonds is 5. The largest absolute Gasteiger partial charge is 0.481 e. The minimum atomic E-state index is -0.883. The second kappa shape index (κ2) is 7.53. The van der Waals surface area contributed by atoms with E-state index in [-0.39, 0.29) is 23.7 Å². The maximum atomic E-state index is 12.4. The van der Waals surface area contributed by atoms with Gasteiger partial charge in [-0.1, -0.05) is 32.1 Å². The van der Waals surface area contributed by atoms with Gasteiger partial charge in [0, 0.05) is 6.42 Å². The number of amides is 2. The number of hydrogen-bond donors (Lipinski definition) is 3. The number of carbonyl (C=O) groups excluding carboxylic acids is 2. The van der Waals surface area contributed by atoms with Crippen molar-refractivity contribution in [2.24, 2.45) is 29.6 Å². The van der Waals surface area contributed by atoms with E-state index in [1.165, 1.54) is 32.1 Å². The molecule has 0 heterocycles. The Labute approximate surface area is 142 Å². The summed E-state index contributed by atoms with van der Waals surface area (Å²) in [5, 5.41) is 9.39. The predicted octanol–water partition coefficient (Wildman–Crippen LogP) is 2.24. The van der Waals surface area contributed by atoms with Crippen LogP contribution in [0.15, 0.2) is 0 Å². The highest BCUT2D eigenvalue weighted by Gasteiger charge is 2.54. The molecule has 0 unspecified atom stereocenters. The molecule has 0 aliphatic heterocycles. The fourth-order valence-electron chi connectivity index (χ4n) is 5.11. The average molecular weight is 336 g/mol. The first-order valence-electron chi connectivity index (χ1n) is 9.37. The van der Waals surface area contributed by atoms with Crippen molar-refractivity contribution in [2.45, 2.75) is 64.2 Å². The van der Waals surface area contributed by atoms with Crippen LogP contribution in [0.1, 0.15) is 64.2 Å². The molecule has 0 spiro atoms. The summed E-state index contributed by atoms with van der Waals surface area (Å²) in [5.41, 5.74) is 4.97. The van der Waals surface area contributed by atoms with Crippen LogP contribution < -0.4 is 10.9 Å². The van der Waals surface area contributed by atoms with E-state index in [1.54, 1.807) is 0 Å². The Morgan fingerprint density at radius 3 is 2.21 bits per heavy atom. The number of aliphatic carboxylic acids is 1. The van der Waals surface area contributed by atoms with Crippen molar-refractivity contribution in [1.29, 1.82) is 0 Å². The lowest BCUT2D eigenvalue weighted by atomic mass is 9.79. The Kier molecular flexibility index (Phi) is 5.41. The summed E-state index contributed by atoms with van der Waals surface area (Å²) >= 11 is 0. The number of hydrogen-bond acceptors (Lipinski definition) is 3. The quantitative estimate of drug-likeness (QED) is 0.671. The number of hydrazine groups is 1. The molecule has 3 aliphatic carbocycles. The van der Waals surface area contributed by atoms with Crippen molar-refractivity contribution in [3.05, 3.63) is 0 Å². The molecule has 6 nitrogen and oxygen atoms in total. The molecule has 0 aromatic heterocycles. The number of nitrogens with one attached hydrogen (secondary N) is 2. The normalized spacial score (nSPS) is 32.5. The molecule has 6 heteroatoms. The van der Waals surface area contributed by atoms with Crippen LogP contribution in [0.4, 0.5) is 0 Å². The summed E-state index contributed by atoms with van der Waals surface area (Å²) in [4.78, 5) is 35.8. The Bertz CT molecular complexity index is 501. The second-order valence-corrected chi connectivity index (χ2v) is 7.80. The highest BCUT2D eigenvalue weighted by atomic mass is 16.4. The summed E-state index contributed by atoms with van der Waals surface area (Å²) in [6.45, 7) is 0. The standard InChI is InChI=1S/C18H28N2O4/c21-14(9-6-11-4-2-1-3-5-11)19-20-17(22)15-12-7-8-13(10-12)16(15)18(23)24/h11-13,15-16H,1-10H2,(H,19,21)(H,20,22)(H,23,24)/t12-,13+,15+,16+/m1/s1. The lowest BCUT2D eigenvalue weighted by Crippen LogP contribution is -2.48. The van der Waals surface area contributed by atoms with E-state index in [2.05, 4.69) is 10.9 Å². The summed E-state index contributed by atoms with van der Waals surface area (Å²) in [6.07, 6.45) is 10.1. The van der Waals surface area contributed by atoms with Crippen LogP contribution in [0.3, 0.4) is 0 Å². The molecule has 0 saturated heterocycles. The van der Waals surface area contributed by atoms with Crippen molar-refractivity contribution in [1.82, 2.24) is 10.9 Å². The minimum Gasteiger partial charge on any atom is -0.481 e. The van der Waals surface area contributed by atoms with Gasteiger partial charge in [0.2, 0.25) is 11.8 Å². The van der Waals surface area contributed by atoms with Crippen LogP contribution in [0, 0.1) is 29.6 Å². The van der Waals surface area contributed by atoms with Gasteiger partial charge in [0.05, 0.1) is 11.8 Å². The monoisotopic (exact) mass is 336 g/mol. The molecular formula is C18H28N2O4. The van der Waals surface area contributed by atoms with Gasteiger partial charge >= 0.3 is 5.97 Å². The Balaban J connectivity index is 1.43. The fourth-order valence-corrected chi connectivity index (χ4v) is 5.11. The molecule has 2 amide bonds. The van der Waals surface area contributed by atoms with Gasteiger partial charge in [0.1, 0.15) is 0 Å². The highest BCUT2D eigenvalue weighted by molar-refractivity contribution is 5.88.